The van der Waals surface area contributed by atoms with Crippen molar-refractivity contribution >= 4 is 0 Å². The van der Waals surface area contributed by atoms with Gasteiger partial charge in [0.05, 0.1) is 0 Å². The van der Waals surface area contributed by atoms with Crippen LogP contribution in [0.1, 0.15) is 31.5 Å². The van der Waals surface area contributed by atoms with E-state index >= 15 is 0 Å². The Morgan fingerprint density at radius 3 is 2.74 bits per heavy atom. The molecule has 1 unspecified atom stereocenters. The number of hydrogen-bond acceptors (Lipinski definition) is 5. The van der Waals surface area contributed by atoms with E-state index in [0.717, 1.165) is 12.8 Å². The maximum atomic E-state index is 11.8. The standard InChI is InChI=1S/C11H18F3N3O2/c1-8(4-5-15)2-3-10-16-9(17-19-10)6-18-7-11(12,13)14/h8H,2-7,15H2,1H3. The Balaban J connectivity index is 2.28. The predicted octanol–water partition coefficient (Wildman–Crippen LogP) is 2.07. The molecule has 0 aromatic carbocycles. The fourth-order valence-corrected chi connectivity index (χ4v) is 1.51. The first kappa shape index (κ1) is 15.9. The maximum absolute atomic E-state index is 11.8. The molecule has 0 saturated carbocycles. The highest BCUT2D eigenvalue weighted by molar-refractivity contribution is 4.85. The minimum atomic E-state index is -4.34. The molecule has 8 heteroatoms. The summed E-state index contributed by atoms with van der Waals surface area (Å²) in [4.78, 5) is 3.96. The van der Waals surface area contributed by atoms with Crippen LogP contribution in [0.15, 0.2) is 4.52 Å². The molecular weight excluding hydrogens is 263 g/mol. The van der Waals surface area contributed by atoms with Gasteiger partial charge in [0, 0.05) is 6.42 Å². The van der Waals surface area contributed by atoms with Crippen molar-refractivity contribution in [3.63, 3.8) is 0 Å². The summed E-state index contributed by atoms with van der Waals surface area (Å²) in [7, 11) is 0. The van der Waals surface area contributed by atoms with E-state index in [0.29, 0.717) is 24.8 Å². The van der Waals surface area contributed by atoms with Crippen molar-refractivity contribution in [1.82, 2.24) is 10.1 Å². The third-order valence-electron chi connectivity index (χ3n) is 2.52. The normalized spacial score (nSPS) is 13.7. The SMILES string of the molecule is CC(CCN)CCc1nc(COCC(F)(F)F)no1. The van der Waals surface area contributed by atoms with Crippen LogP contribution >= 0.6 is 0 Å². The lowest BCUT2D eigenvalue weighted by atomic mass is 10.0. The van der Waals surface area contributed by atoms with E-state index in [-0.39, 0.29) is 12.4 Å². The van der Waals surface area contributed by atoms with E-state index in [9.17, 15) is 13.2 Å². The third kappa shape index (κ3) is 7.12. The molecule has 0 bridgehead atoms. The Morgan fingerprint density at radius 1 is 1.37 bits per heavy atom. The molecule has 1 heterocycles. The minimum absolute atomic E-state index is 0.130. The Kier molecular flexibility index (Phi) is 6.23. The van der Waals surface area contributed by atoms with Crippen LogP contribution in [-0.4, -0.2) is 29.5 Å². The lowest BCUT2D eigenvalue weighted by Crippen LogP contribution is -2.17. The molecular formula is C11H18F3N3O2. The molecule has 19 heavy (non-hydrogen) atoms. The molecule has 0 fully saturated rings. The molecule has 0 spiro atoms. The molecule has 0 aliphatic carbocycles. The van der Waals surface area contributed by atoms with E-state index in [4.69, 9.17) is 10.3 Å². The molecule has 110 valence electrons. The Morgan fingerprint density at radius 2 is 2.11 bits per heavy atom. The molecule has 0 aliphatic heterocycles. The van der Waals surface area contributed by atoms with E-state index in [2.05, 4.69) is 21.8 Å². The van der Waals surface area contributed by atoms with Gasteiger partial charge in [0.2, 0.25) is 5.89 Å². The van der Waals surface area contributed by atoms with E-state index in [1.54, 1.807) is 0 Å². The van der Waals surface area contributed by atoms with Gasteiger partial charge in [0.25, 0.3) is 0 Å². The molecule has 1 aromatic rings. The molecule has 0 amide bonds. The summed E-state index contributed by atoms with van der Waals surface area (Å²) >= 11 is 0. The molecule has 5 nitrogen and oxygen atoms in total. The van der Waals surface area contributed by atoms with Crippen molar-refractivity contribution in [2.45, 2.75) is 39.0 Å². The topological polar surface area (TPSA) is 74.2 Å². The van der Waals surface area contributed by atoms with Crippen molar-refractivity contribution in [1.29, 1.82) is 0 Å². The number of aromatic nitrogens is 2. The molecule has 2 N–H and O–H groups in total. The maximum Gasteiger partial charge on any atom is 0.411 e. The summed E-state index contributed by atoms with van der Waals surface area (Å²) in [6, 6.07) is 0. The zero-order valence-corrected chi connectivity index (χ0v) is 10.7. The van der Waals surface area contributed by atoms with Gasteiger partial charge in [-0.3, -0.25) is 0 Å². The van der Waals surface area contributed by atoms with Gasteiger partial charge in [0.1, 0.15) is 13.2 Å². The van der Waals surface area contributed by atoms with Gasteiger partial charge in [0.15, 0.2) is 5.82 Å². The first-order valence-electron chi connectivity index (χ1n) is 6.06. The third-order valence-corrected chi connectivity index (χ3v) is 2.52. The van der Waals surface area contributed by atoms with Gasteiger partial charge in [-0.15, -0.1) is 0 Å². The zero-order valence-electron chi connectivity index (χ0n) is 10.7. The molecule has 1 aromatic heterocycles. The van der Waals surface area contributed by atoms with Gasteiger partial charge in [-0.05, 0) is 25.3 Å². The van der Waals surface area contributed by atoms with Crippen molar-refractivity contribution in [3.8, 4) is 0 Å². The largest absolute Gasteiger partial charge is 0.411 e. The molecule has 1 atom stereocenters. The van der Waals surface area contributed by atoms with Crippen LogP contribution in [0.5, 0.6) is 0 Å². The second kappa shape index (κ2) is 7.44. The van der Waals surface area contributed by atoms with Crippen LogP contribution in [-0.2, 0) is 17.8 Å². The molecule has 0 aliphatic rings. The predicted molar refractivity (Wildman–Crippen MR) is 61.2 cm³/mol. The van der Waals surface area contributed by atoms with Crippen LogP contribution in [0.2, 0.25) is 0 Å². The average Bonchev–Trinajstić information content (AvgIpc) is 2.73. The number of nitrogens with two attached hydrogens (primary N) is 1. The lowest BCUT2D eigenvalue weighted by Gasteiger charge is -2.06. The Hall–Kier alpha value is -1.15. The monoisotopic (exact) mass is 281 g/mol. The number of hydrogen-bond donors (Lipinski definition) is 1. The minimum Gasteiger partial charge on any atom is -0.364 e. The van der Waals surface area contributed by atoms with Crippen LogP contribution < -0.4 is 5.73 Å². The number of alkyl halides is 3. The first-order chi connectivity index (χ1) is 8.90. The number of rotatable bonds is 8. The van der Waals surface area contributed by atoms with E-state index in [1.165, 1.54) is 0 Å². The van der Waals surface area contributed by atoms with Crippen LogP contribution in [0.25, 0.3) is 0 Å². The highest BCUT2D eigenvalue weighted by atomic mass is 19.4. The summed E-state index contributed by atoms with van der Waals surface area (Å²) in [6.45, 7) is 1.07. The van der Waals surface area contributed by atoms with Gasteiger partial charge in [-0.2, -0.15) is 18.2 Å². The summed E-state index contributed by atoms with van der Waals surface area (Å²) < 4.78 is 44.9. The van der Waals surface area contributed by atoms with Gasteiger partial charge >= 0.3 is 6.18 Å². The van der Waals surface area contributed by atoms with Gasteiger partial charge in [-0.1, -0.05) is 12.1 Å². The van der Waals surface area contributed by atoms with Crippen molar-refractivity contribution in [2.75, 3.05) is 13.2 Å². The smallest absolute Gasteiger partial charge is 0.364 e. The molecule has 0 saturated heterocycles. The first-order valence-corrected chi connectivity index (χ1v) is 6.06. The number of nitrogens with zero attached hydrogens (tertiary/aromatic N) is 2. The van der Waals surface area contributed by atoms with Gasteiger partial charge < -0.3 is 15.0 Å². The number of ether oxygens (including phenoxy) is 1. The van der Waals surface area contributed by atoms with Crippen molar-refractivity contribution in [2.24, 2.45) is 11.7 Å². The van der Waals surface area contributed by atoms with Crippen molar-refractivity contribution < 1.29 is 22.4 Å². The highest BCUT2D eigenvalue weighted by Crippen LogP contribution is 2.15. The summed E-state index contributed by atoms with van der Waals surface area (Å²) in [5, 5.41) is 3.56. The number of halogens is 3. The Bertz CT molecular complexity index is 368. The Labute approximate surface area is 109 Å². The van der Waals surface area contributed by atoms with E-state index < -0.39 is 12.8 Å². The second-order valence-electron chi connectivity index (χ2n) is 4.43. The summed E-state index contributed by atoms with van der Waals surface area (Å²) in [5.74, 6) is 0.988. The van der Waals surface area contributed by atoms with Crippen LogP contribution in [0, 0.1) is 5.92 Å². The quantitative estimate of drug-likeness (QED) is 0.789. The number of aryl methyl sites for hydroxylation is 1. The summed E-state index contributed by atoms with van der Waals surface area (Å²) in [6.07, 6.45) is -1.99. The summed E-state index contributed by atoms with van der Waals surface area (Å²) in [5.41, 5.74) is 5.43. The van der Waals surface area contributed by atoms with E-state index in [1.807, 2.05) is 0 Å². The van der Waals surface area contributed by atoms with Crippen LogP contribution in [0.3, 0.4) is 0 Å². The molecule has 0 radical (unpaired) electrons. The fraction of sp³-hybridized carbons (Fsp3) is 0.818. The van der Waals surface area contributed by atoms with Crippen LogP contribution in [0.4, 0.5) is 13.2 Å². The average molecular weight is 281 g/mol. The lowest BCUT2D eigenvalue weighted by molar-refractivity contribution is -0.177. The highest BCUT2D eigenvalue weighted by Gasteiger charge is 2.27. The zero-order chi connectivity index (χ0) is 14.3. The fourth-order valence-electron chi connectivity index (χ4n) is 1.51. The second-order valence-corrected chi connectivity index (χ2v) is 4.43. The van der Waals surface area contributed by atoms with Crippen molar-refractivity contribution in [3.05, 3.63) is 11.7 Å². The van der Waals surface area contributed by atoms with Gasteiger partial charge in [-0.25, -0.2) is 0 Å². The molecule has 1 rings (SSSR count).